The number of rotatable bonds is 7. The number of anilines is 1. The van der Waals surface area contributed by atoms with E-state index in [1.807, 2.05) is 4.98 Å². The molecule has 10 atom stereocenters. The first-order chi connectivity index (χ1) is 28.6. The summed E-state index contributed by atoms with van der Waals surface area (Å²) in [5.74, 6) is -0.705. The van der Waals surface area contributed by atoms with Crippen molar-refractivity contribution in [3.63, 3.8) is 0 Å². The third kappa shape index (κ3) is 8.53. The van der Waals surface area contributed by atoms with E-state index in [0.717, 1.165) is 18.6 Å². The summed E-state index contributed by atoms with van der Waals surface area (Å²) < 4.78 is 102. The van der Waals surface area contributed by atoms with Gasteiger partial charge in [-0.05, 0) is 59.8 Å². The number of phosphoric ester groups is 1. The number of phenolic OH excluding ortho intramolecular Hbond substituents is 1. The highest BCUT2D eigenvalue weighted by Gasteiger charge is 2.55. The Bertz CT molecular complexity index is 2660. The van der Waals surface area contributed by atoms with E-state index in [4.69, 9.17) is 38.0 Å². The van der Waals surface area contributed by atoms with Crippen LogP contribution in [0, 0.1) is 6.92 Å². The Morgan fingerprint density at radius 2 is 1.72 bits per heavy atom. The number of nitrogen functional groups attached to an aromatic ring is 1. The molecule has 6 heterocycles. The molecule has 2 bridgehead atoms. The van der Waals surface area contributed by atoms with Crippen molar-refractivity contribution in [1.82, 2.24) is 29.1 Å². The van der Waals surface area contributed by atoms with Gasteiger partial charge in [-0.15, -0.1) is 0 Å². The van der Waals surface area contributed by atoms with Crippen molar-refractivity contribution in [3.05, 3.63) is 105 Å². The number of nitrogens with one attached hydrogen (secondary N) is 1. The van der Waals surface area contributed by atoms with Crippen molar-refractivity contribution < 1.29 is 65.0 Å². The first-order valence-electron chi connectivity index (χ1n) is 17.8. The van der Waals surface area contributed by atoms with Gasteiger partial charge < -0.3 is 29.9 Å². The van der Waals surface area contributed by atoms with E-state index in [2.05, 4.69) is 15.0 Å². The third-order valence-corrected chi connectivity index (χ3v) is 14.2. The largest absolute Gasteiger partial charge is 0.508 e. The van der Waals surface area contributed by atoms with Crippen molar-refractivity contribution in [1.29, 1.82) is 0 Å². The molecule has 3 aromatic heterocycles. The van der Waals surface area contributed by atoms with E-state index < -0.39 is 94.3 Å². The van der Waals surface area contributed by atoms with Gasteiger partial charge >= 0.3 is 26.3 Å². The van der Waals surface area contributed by atoms with Crippen molar-refractivity contribution in [3.8, 4) is 11.5 Å². The number of halogens is 2. The van der Waals surface area contributed by atoms with Gasteiger partial charge in [-0.1, -0.05) is 12.1 Å². The molecule has 0 amide bonds. The summed E-state index contributed by atoms with van der Waals surface area (Å²) in [5, 5.41) is 9.68. The zero-order chi connectivity index (χ0) is 42.5. The van der Waals surface area contributed by atoms with Crippen LogP contribution in [0.3, 0.4) is 0 Å². The molecule has 0 saturated carbocycles. The highest BCUT2D eigenvalue weighted by molar-refractivity contribution is 8.54. The van der Waals surface area contributed by atoms with E-state index >= 15 is 8.78 Å². The Balaban J connectivity index is 1.09. The molecule has 60 heavy (non-hydrogen) atoms. The first kappa shape index (κ1) is 41.8. The molecule has 5 N–H and O–H groups in total. The van der Waals surface area contributed by atoms with Gasteiger partial charge in [0.05, 0.1) is 25.1 Å². The monoisotopic (exact) mass is 895 g/mol. The molecule has 3 saturated heterocycles. The smallest absolute Gasteiger partial charge is 0.472 e. The number of carbonyl (C=O) groups excluding carboxylic acids is 1. The fourth-order valence-corrected chi connectivity index (χ4v) is 10.9. The summed E-state index contributed by atoms with van der Waals surface area (Å²) in [7, 11) is -5.28. The number of nitrogens with two attached hydrogens (primary N) is 1. The quantitative estimate of drug-likeness (QED) is 0.103. The van der Waals surface area contributed by atoms with Crippen LogP contribution in [0.4, 0.5) is 14.6 Å². The number of aromatic hydroxyl groups is 1. The molecule has 21 nitrogen and oxygen atoms in total. The lowest BCUT2D eigenvalue weighted by atomic mass is 10.1. The maximum Gasteiger partial charge on any atom is 0.472 e. The van der Waals surface area contributed by atoms with Crippen LogP contribution in [0.15, 0.2) is 77.0 Å². The average Bonchev–Trinajstić information content (AvgIpc) is 3.86. The second-order valence-corrected chi connectivity index (χ2v) is 19.0. The first-order valence-corrected chi connectivity index (χ1v) is 22.4. The molecule has 0 radical (unpaired) electrons. The Kier molecular flexibility index (Phi) is 11.5. The summed E-state index contributed by atoms with van der Waals surface area (Å²) in [5.41, 5.74) is 5.46. The fraction of sp³-hybridized carbons (Fsp3) is 0.353. The predicted octanol–water partition coefficient (Wildman–Crippen LogP) is 3.62. The number of hydrogen-bond donors (Lipinski definition) is 4. The number of benzene rings is 2. The second-order valence-electron chi connectivity index (χ2n) is 13.6. The number of aryl methyl sites for hydroxylation is 1. The minimum atomic E-state index is -5.28. The zero-order valence-electron chi connectivity index (χ0n) is 30.8. The number of hydrogen-bond acceptors (Lipinski definition) is 18. The average molecular weight is 896 g/mol. The van der Waals surface area contributed by atoms with E-state index in [1.54, 1.807) is 19.1 Å². The van der Waals surface area contributed by atoms with Crippen LogP contribution in [0.25, 0.3) is 11.2 Å². The zero-order valence-corrected chi connectivity index (χ0v) is 33.4. The predicted molar refractivity (Wildman–Crippen MR) is 203 cm³/mol. The van der Waals surface area contributed by atoms with E-state index in [9.17, 15) is 33.5 Å². The highest BCUT2D eigenvalue weighted by atomic mass is 32.7. The maximum absolute atomic E-state index is 16.5. The maximum atomic E-state index is 16.5. The molecule has 0 aliphatic carbocycles. The standard InChI is InChI=1S/C34H33F2N7O14P2S/c1-16-10-18(44)4-7-20(16)33(46)53-19-5-2-17(3-6-19)13-60-59(50)52-12-22-27(25(36)31(55-22)42-9-8-23(45)41-34(42)47)56-58(48,49)51-11-21-24(35)28(57-59)32(54-21)43-15-40-26-29(37)38-14-39-30(26)43/h2-10,14-15,21-22,24-25,27-28,31-32,44H,11-13H2,1H3,(H,48,49)(H2,37,38,39)(H,41,45,47)/t21-,22-,24-,25-,27-,28-,31-,32-,59+/m1/s1. The van der Waals surface area contributed by atoms with E-state index in [-0.39, 0.29) is 39.8 Å². The number of esters is 1. The van der Waals surface area contributed by atoms with E-state index in [0.29, 0.717) is 27.1 Å². The number of carbonyl (C=O) groups is 1. The number of ether oxygens (including phenoxy) is 3. The second kappa shape index (κ2) is 16.5. The van der Waals surface area contributed by atoms with Crippen LogP contribution in [0.1, 0.15) is 33.9 Å². The third-order valence-electron chi connectivity index (χ3n) is 9.58. The number of fused-ring (bicyclic) bond motifs is 4. The van der Waals surface area contributed by atoms with Crippen LogP contribution in [-0.2, 0) is 42.5 Å². The summed E-state index contributed by atoms with van der Waals surface area (Å²) >= 11 is 0.576. The number of nitrogens with zero attached hydrogens (tertiary/aromatic N) is 5. The molecule has 3 fully saturated rings. The summed E-state index contributed by atoms with van der Waals surface area (Å²) in [6.45, 7) is -4.89. The van der Waals surface area contributed by atoms with Crippen LogP contribution >= 0.6 is 26.0 Å². The van der Waals surface area contributed by atoms with Gasteiger partial charge in [-0.3, -0.25) is 37.0 Å². The molecule has 0 spiro atoms. The minimum Gasteiger partial charge on any atom is -0.508 e. The molecule has 3 aliphatic heterocycles. The van der Waals surface area contributed by atoms with Gasteiger partial charge in [-0.2, -0.15) is 0 Å². The molecule has 8 rings (SSSR count). The Morgan fingerprint density at radius 1 is 0.967 bits per heavy atom. The van der Waals surface area contributed by atoms with Crippen molar-refractivity contribution >= 4 is 49.0 Å². The van der Waals surface area contributed by atoms with Crippen molar-refractivity contribution in [2.45, 2.75) is 61.9 Å². The molecule has 1 unspecified atom stereocenters. The van der Waals surface area contributed by atoms with Gasteiger partial charge in [0.25, 0.3) is 5.56 Å². The van der Waals surface area contributed by atoms with Crippen molar-refractivity contribution in [2.24, 2.45) is 0 Å². The lowest BCUT2D eigenvalue weighted by Crippen LogP contribution is -2.36. The molecular formula is C34H33F2N7O14P2S. The van der Waals surface area contributed by atoms with Gasteiger partial charge in [0.1, 0.15) is 47.8 Å². The molecule has 2 aromatic carbocycles. The molecule has 3 aliphatic rings. The highest BCUT2D eigenvalue weighted by Crippen LogP contribution is 2.65. The Hall–Kier alpha value is -4.87. The SMILES string of the molecule is Cc1cc(O)ccc1C(=O)Oc1ccc(CS[P@@]2(=O)OC[C@H]3O[C@@H](n4ccc(=O)[nH]c4=O)[C@H](F)[C@@H]3OP(=O)(O)OC[C@H]3O[C@@H](n4cnc5c(N)ncnc54)[C@H](O2)[C@@H]3F)cc1. The number of aromatic amines is 1. The molecule has 5 aromatic rings. The van der Waals surface area contributed by atoms with Crippen LogP contribution in [0.2, 0.25) is 0 Å². The topological polar surface area (TPSA) is 281 Å². The van der Waals surface area contributed by atoms with Gasteiger partial charge in [0.15, 0.2) is 36.3 Å². The number of H-pyrrole nitrogens is 1. The molecule has 318 valence electrons. The summed E-state index contributed by atoms with van der Waals surface area (Å²) in [4.78, 5) is 62.0. The number of imidazole rings is 1. The Labute approximate surface area is 339 Å². The van der Waals surface area contributed by atoms with Crippen LogP contribution in [-0.4, -0.2) is 95.0 Å². The van der Waals surface area contributed by atoms with Crippen LogP contribution < -0.4 is 21.7 Å². The number of phosphoric acid groups is 1. The fourth-order valence-electron chi connectivity index (χ4n) is 6.64. The van der Waals surface area contributed by atoms with Gasteiger partial charge in [0, 0.05) is 18.0 Å². The van der Waals surface area contributed by atoms with Crippen LogP contribution in [0.5, 0.6) is 11.5 Å². The van der Waals surface area contributed by atoms with Gasteiger partial charge in [0.2, 0.25) is 0 Å². The van der Waals surface area contributed by atoms with E-state index in [1.165, 1.54) is 41.2 Å². The lowest BCUT2D eigenvalue weighted by molar-refractivity contribution is -0.0620. The normalized spacial score (nSPS) is 30.9. The van der Waals surface area contributed by atoms with Gasteiger partial charge in [-0.25, -0.2) is 42.5 Å². The Morgan fingerprint density at radius 3 is 2.47 bits per heavy atom. The number of phenols is 1. The summed E-state index contributed by atoms with van der Waals surface area (Å²) in [6.07, 6.45) is -11.9. The lowest BCUT2D eigenvalue weighted by Gasteiger charge is -2.27. The van der Waals surface area contributed by atoms with Crippen molar-refractivity contribution in [2.75, 3.05) is 18.9 Å². The number of aromatic nitrogens is 6. The minimum absolute atomic E-state index is 0.0185. The molecule has 26 heteroatoms. The summed E-state index contributed by atoms with van der Waals surface area (Å²) in [6, 6.07) is 11.1. The number of alkyl halides is 2. The molecular weight excluding hydrogens is 862 g/mol.